The number of carbonyl (C=O) groups excluding carboxylic acids is 2. The lowest BCUT2D eigenvalue weighted by atomic mass is 10.1. The van der Waals surface area contributed by atoms with Crippen molar-refractivity contribution in [3.8, 4) is 5.75 Å². The predicted octanol–water partition coefficient (Wildman–Crippen LogP) is 5.43. The van der Waals surface area contributed by atoms with E-state index in [0.29, 0.717) is 16.6 Å². The summed E-state index contributed by atoms with van der Waals surface area (Å²) in [7, 11) is -2.80. The van der Waals surface area contributed by atoms with E-state index in [-0.39, 0.29) is 28.7 Å². The molecule has 0 aromatic heterocycles. The molecule has 2 atom stereocenters. The van der Waals surface area contributed by atoms with Crippen molar-refractivity contribution in [3.05, 3.63) is 88.1 Å². The van der Waals surface area contributed by atoms with Crippen LogP contribution in [0.1, 0.15) is 38.3 Å². The predicted molar refractivity (Wildman–Crippen MR) is 161 cm³/mol. The zero-order chi connectivity index (χ0) is 30.3. The molecule has 11 heteroatoms. The molecule has 0 fully saturated rings. The number of carbonyl (C=O) groups is 2. The van der Waals surface area contributed by atoms with Gasteiger partial charge in [-0.2, -0.15) is 0 Å². The number of hydrogen-bond acceptors (Lipinski definition) is 5. The number of methoxy groups -OCH3 is 1. The molecule has 0 bridgehead atoms. The molecule has 0 spiro atoms. The van der Waals surface area contributed by atoms with Crippen LogP contribution in [0, 0.1) is 12.7 Å². The second-order valence-electron chi connectivity index (χ2n) is 9.75. The van der Waals surface area contributed by atoms with E-state index in [1.807, 2.05) is 20.8 Å². The van der Waals surface area contributed by atoms with Gasteiger partial charge in [0, 0.05) is 18.2 Å². The van der Waals surface area contributed by atoms with E-state index in [4.69, 9.17) is 4.74 Å². The third-order valence-electron chi connectivity index (χ3n) is 6.78. The number of hydrogen-bond donors (Lipinski definition) is 1. The van der Waals surface area contributed by atoms with Gasteiger partial charge in [-0.1, -0.05) is 42.8 Å². The lowest BCUT2D eigenvalue weighted by molar-refractivity contribution is -0.139. The van der Waals surface area contributed by atoms with Gasteiger partial charge in [0.15, 0.2) is 0 Å². The molecule has 0 radical (unpaired) electrons. The van der Waals surface area contributed by atoms with Crippen molar-refractivity contribution >= 4 is 43.5 Å². The molecule has 3 aromatic carbocycles. The fraction of sp³-hybridized carbons (Fsp3) is 0.333. The highest BCUT2D eigenvalue weighted by Gasteiger charge is 2.33. The van der Waals surface area contributed by atoms with Crippen LogP contribution in [-0.4, -0.2) is 50.9 Å². The van der Waals surface area contributed by atoms with Gasteiger partial charge in [0.05, 0.1) is 22.2 Å². The molecule has 0 saturated carbocycles. The summed E-state index contributed by atoms with van der Waals surface area (Å²) in [6.07, 6.45) is 0.677. The Morgan fingerprint density at radius 2 is 1.71 bits per heavy atom. The quantitative estimate of drug-likeness (QED) is 0.283. The van der Waals surface area contributed by atoms with Crippen LogP contribution in [0.4, 0.5) is 10.1 Å². The number of anilines is 1. The van der Waals surface area contributed by atoms with E-state index in [2.05, 4.69) is 21.2 Å². The number of ether oxygens (including phenoxy) is 1. The number of rotatable bonds is 12. The maximum atomic E-state index is 14.7. The van der Waals surface area contributed by atoms with Crippen LogP contribution in [-0.2, 0) is 26.2 Å². The normalized spacial score (nSPS) is 12.8. The highest BCUT2D eigenvalue weighted by atomic mass is 79.9. The van der Waals surface area contributed by atoms with Crippen molar-refractivity contribution < 1.29 is 27.1 Å². The van der Waals surface area contributed by atoms with E-state index < -0.39 is 40.2 Å². The highest BCUT2D eigenvalue weighted by Crippen LogP contribution is 2.31. The molecule has 220 valence electrons. The van der Waals surface area contributed by atoms with E-state index in [1.165, 1.54) is 48.4 Å². The number of nitrogens with zero attached hydrogens (tertiary/aromatic N) is 2. The number of halogens is 2. The molecule has 1 N–H and O–H groups in total. The maximum absolute atomic E-state index is 14.7. The summed E-state index contributed by atoms with van der Waals surface area (Å²) in [5.41, 5.74) is 1.37. The van der Waals surface area contributed by atoms with E-state index >= 15 is 0 Å². The minimum Gasteiger partial charge on any atom is -0.496 e. The van der Waals surface area contributed by atoms with E-state index in [1.54, 1.807) is 37.3 Å². The fourth-order valence-electron chi connectivity index (χ4n) is 4.03. The first-order valence-electron chi connectivity index (χ1n) is 13.1. The number of aryl methyl sites for hydroxylation is 1. The molecule has 0 saturated heterocycles. The van der Waals surface area contributed by atoms with Crippen molar-refractivity contribution in [1.82, 2.24) is 10.2 Å². The average Bonchev–Trinajstić information content (AvgIpc) is 2.95. The summed E-state index contributed by atoms with van der Waals surface area (Å²) in [5.74, 6) is -1.19. The van der Waals surface area contributed by atoms with Gasteiger partial charge in [-0.15, -0.1) is 0 Å². The highest BCUT2D eigenvalue weighted by molar-refractivity contribution is 9.10. The van der Waals surface area contributed by atoms with Crippen LogP contribution < -0.4 is 14.4 Å². The first-order chi connectivity index (χ1) is 19.4. The Morgan fingerprint density at radius 3 is 2.29 bits per heavy atom. The second-order valence-corrected chi connectivity index (χ2v) is 12.5. The Kier molecular flexibility index (Phi) is 10.9. The van der Waals surface area contributed by atoms with Crippen LogP contribution in [0.3, 0.4) is 0 Å². The first kappa shape index (κ1) is 32.1. The maximum Gasteiger partial charge on any atom is 0.264 e. The Morgan fingerprint density at radius 1 is 1.05 bits per heavy atom. The molecule has 41 heavy (non-hydrogen) atoms. The van der Waals surface area contributed by atoms with Crippen LogP contribution in [0.2, 0.25) is 0 Å². The number of amides is 2. The van der Waals surface area contributed by atoms with Crippen molar-refractivity contribution in [2.24, 2.45) is 0 Å². The molecule has 0 aliphatic rings. The van der Waals surface area contributed by atoms with E-state index in [0.717, 1.165) is 9.87 Å². The number of nitrogens with one attached hydrogen (secondary N) is 1. The summed E-state index contributed by atoms with van der Waals surface area (Å²) in [6, 6.07) is 15.8. The summed E-state index contributed by atoms with van der Waals surface area (Å²) < 4.78 is 49.3. The third kappa shape index (κ3) is 7.85. The summed E-state index contributed by atoms with van der Waals surface area (Å²) in [6.45, 7) is 6.32. The van der Waals surface area contributed by atoms with Gasteiger partial charge >= 0.3 is 0 Å². The SMILES string of the molecule is CC[C@H](C)NC(=O)[C@@H](C)N(Cc1ccccc1F)C(=O)CN(c1ccc(C)cc1)S(=O)(=O)c1ccc(OC)c(Br)c1. The van der Waals surface area contributed by atoms with Crippen LogP contribution >= 0.6 is 15.9 Å². The summed E-state index contributed by atoms with van der Waals surface area (Å²) in [5, 5.41) is 2.85. The molecule has 8 nitrogen and oxygen atoms in total. The lowest BCUT2D eigenvalue weighted by Gasteiger charge is -2.32. The van der Waals surface area contributed by atoms with Crippen LogP contribution in [0.25, 0.3) is 0 Å². The topological polar surface area (TPSA) is 96.0 Å². The number of sulfonamides is 1. The minimum absolute atomic E-state index is 0.0678. The minimum atomic E-state index is -4.27. The third-order valence-corrected chi connectivity index (χ3v) is 9.17. The van der Waals surface area contributed by atoms with Crippen LogP contribution in [0.15, 0.2) is 76.1 Å². The molecule has 0 heterocycles. The van der Waals surface area contributed by atoms with Gasteiger partial charge in [0.1, 0.15) is 24.2 Å². The molecule has 3 aromatic rings. The zero-order valence-electron chi connectivity index (χ0n) is 23.7. The fourth-order valence-corrected chi connectivity index (χ4v) is 6.17. The Balaban J connectivity index is 2.06. The van der Waals surface area contributed by atoms with Crippen molar-refractivity contribution in [2.75, 3.05) is 18.0 Å². The van der Waals surface area contributed by atoms with E-state index in [9.17, 15) is 22.4 Å². The Labute approximate surface area is 249 Å². The van der Waals surface area contributed by atoms with Crippen molar-refractivity contribution in [2.45, 2.75) is 57.6 Å². The largest absolute Gasteiger partial charge is 0.496 e. The average molecular weight is 649 g/mol. The summed E-state index contributed by atoms with van der Waals surface area (Å²) in [4.78, 5) is 28.2. The molecular weight excluding hydrogens is 613 g/mol. The standard InChI is InChI=1S/C30H35BrFN3O5S/c1-6-21(3)33-30(37)22(4)34(18-23-9-7-8-10-27(23)32)29(36)19-35(24-13-11-20(2)12-14-24)41(38,39)25-15-16-28(40-5)26(31)17-25/h7-17,21-22H,6,18-19H2,1-5H3,(H,33,37)/t21-,22+/m0/s1. The van der Waals surface area contributed by atoms with Crippen molar-refractivity contribution in [1.29, 1.82) is 0 Å². The smallest absolute Gasteiger partial charge is 0.264 e. The van der Waals surface area contributed by atoms with Gasteiger partial charge in [-0.25, -0.2) is 12.8 Å². The van der Waals surface area contributed by atoms with Crippen LogP contribution in [0.5, 0.6) is 5.75 Å². The molecule has 3 rings (SSSR count). The van der Waals surface area contributed by atoms with Gasteiger partial charge in [-0.3, -0.25) is 13.9 Å². The molecule has 0 aliphatic carbocycles. The monoisotopic (exact) mass is 647 g/mol. The van der Waals surface area contributed by atoms with Gasteiger partial charge < -0.3 is 15.0 Å². The second kappa shape index (κ2) is 14.0. The van der Waals surface area contributed by atoms with Gasteiger partial charge in [-0.05, 0) is 79.5 Å². The van der Waals surface area contributed by atoms with Gasteiger partial charge in [0.2, 0.25) is 11.8 Å². The Hall–Kier alpha value is -3.44. The first-order valence-corrected chi connectivity index (χ1v) is 15.4. The van der Waals surface area contributed by atoms with Crippen molar-refractivity contribution in [3.63, 3.8) is 0 Å². The van der Waals surface area contributed by atoms with Gasteiger partial charge in [0.25, 0.3) is 10.0 Å². The summed E-state index contributed by atoms with van der Waals surface area (Å²) >= 11 is 3.33. The molecule has 2 amide bonds. The molecule has 0 aliphatic heterocycles. The zero-order valence-corrected chi connectivity index (χ0v) is 26.1. The Bertz CT molecular complexity index is 1480. The number of benzene rings is 3. The molecule has 0 unspecified atom stereocenters. The lowest BCUT2D eigenvalue weighted by Crippen LogP contribution is -2.52. The molecular formula is C30H35BrFN3O5S.